The van der Waals surface area contributed by atoms with Gasteiger partial charge in [0.15, 0.2) is 0 Å². The van der Waals surface area contributed by atoms with Gasteiger partial charge in [-0.15, -0.1) is 0 Å². The molecule has 1 aromatic carbocycles. The Morgan fingerprint density at radius 1 is 1.07 bits per heavy atom. The number of carbonyl (C=O) groups excluding carboxylic acids is 3. The molecule has 8 heteroatoms. The fourth-order valence-corrected chi connectivity index (χ4v) is 3.13. The molecular weight excluding hydrogens is 362 g/mol. The van der Waals surface area contributed by atoms with Crippen LogP contribution in [0.25, 0.3) is 0 Å². The molecule has 3 amide bonds. The van der Waals surface area contributed by atoms with Crippen LogP contribution in [0, 0.1) is 0 Å². The third kappa shape index (κ3) is 5.87. The Kier molecular flexibility index (Phi) is 8.10. The van der Waals surface area contributed by atoms with E-state index in [4.69, 9.17) is 9.47 Å². The van der Waals surface area contributed by atoms with Crippen LogP contribution in [0.2, 0.25) is 0 Å². The molecule has 1 aromatic rings. The van der Waals surface area contributed by atoms with E-state index in [1.54, 1.807) is 28.7 Å². The van der Waals surface area contributed by atoms with Crippen LogP contribution in [0.4, 0.5) is 4.79 Å². The largest absolute Gasteiger partial charge is 0.496 e. The smallest absolute Gasteiger partial charge is 0.409 e. The number of ether oxygens (including phenoxy) is 2. The summed E-state index contributed by atoms with van der Waals surface area (Å²) in [7, 11) is 1.61. The summed E-state index contributed by atoms with van der Waals surface area (Å²) < 4.78 is 10.3. The summed E-state index contributed by atoms with van der Waals surface area (Å²) in [5, 5.41) is 0. The van der Waals surface area contributed by atoms with E-state index in [-0.39, 0.29) is 24.5 Å². The number of hydrogen-bond acceptors (Lipinski definition) is 5. The van der Waals surface area contributed by atoms with Gasteiger partial charge in [-0.1, -0.05) is 18.2 Å². The van der Waals surface area contributed by atoms with E-state index in [2.05, 4.69) is 0 Å². The number of methoxy groups -OCH3 is 1. The van der Waals surface area contributed by atoms with Gasteiger partial charge in [0.2, 0.25) is 11.8 Å². The van der Waals surface area contributed by atoms with Crippen molar-refractivity contribution in [1.82, 2.24) is 14.7 Å². The van der Waals surface area contributed by atoms with Crippen molar-refractivity contribution < 1.29 is 23.9 Å². The first-order valence-corrected chi connectivity index (χ1v) is 9.53. The molecule has 0 spiro atoms. The minimum atomic E-state index is -0.350. The molecule has 0 unspecified atom stereocenters. The highest BCUT2D eigenvalue weighted by atomic mass is 16.6. The molecule has 1 aliphatic rings. The Bertz CT molecular complexity index is 686. The SMILES string of the molecule is CCOC(=O)N1CCN(C(=O)CN(CCc2ccccc2OC)C(C)=O)CC1. The van der Waals surface area contributed by atoms with Crippen molar-refractivity contribution in [2.75, 3.05) is 53.0 Å². The van der Waals surface area contributed by atoms with Crippen LogP contribution in [0.3, 0.4) is 0 Å². The Morgan fingerprint density at radius 3 is 2.32 bits per heavy atom. The molecule has 0 saturated carbocycles. The normalized spacial score (nSPS) is 13.8. The zero-order valence-corrected chi connectivity index (χ0v) is 16.8. The predicted molar refractivity (Wildman–Crippen MR) is 104 cm³/mol. The maximum absolute atomic E-state index is 12.6. The molecule has 28 heavy (non-hydrogen) atoms. The van der Waals surface area contributed by atoms with Crippen molar-refractivity contribution in [2.45, 2.75) is 20.3 Å². The molecule has 1 heterocycles. The van der Waals surface area contributed by atoms with Crippen molar-refractivity contribution in [2.24, 2.45) is 0 Å². The number of para-hydroxylation sites is 1. The summed E-state index contributed by atoms with van der Waals surface area (Å²) in [6.07, 6.45) is 0.254. The zero-order valence-electron chi connectivity index (χ0n) is 16.8. The third-order valence-corrected chi connectivity index (χ3v) is 4.77. The Morgan fingerprint density at radius 2 is 1.71 bits per heavy atom. The average molecular weight is 391 g/mol. The summed E-state index contributed by atoms with van der Waals surface area (Å²) in [6.45, 7) is 5.78. The number of rotatable bonds is 7. The van der Waals surface area contributed by atoms with Gasteiger partial charge >= 0.3 is 6.09 Å². The standard InChI is InChI=1S/C20H29N3O5/c1-4-28-20(26)22-13-11-21(12-14-22)19(25)15-23(16(2)24)10-9-17-7-5-6-8-18(17)27-3/h5-8H,4,9-15H2,1-3H3. The van der Waals surface area contributed by atoms with Gasteiger partial charge in [0, 0.05) is 39.6 Å². The topological polar surface area (TPSA) is 79.4 Å². The maximum Gasteiger partial charge on any atom is 0.409 e. The molecule has 1 aliphatic heterocycles. The number of hydrogen-bond donors (Lipinski definition) is 0. The monoisotopic (exact) mass is 391 g/mol. The third-order valence-electron chi connectivity index (χ3n) is 4.77. The lowest BCUT2D eigenvalue weighted by Crippen LogP contribution is -2.53. The highest BCUT2D eigenvalue weighted by molar-refractivity contribution is 5.84. The first-order chi connectivity index (χ1) is 13.5. The molecule has 0 aliphatic carbocycles. The summed E-state index contributed by atoms with van der Waals surface area (Å²) in [5.74, 6) is 0.513. The van der Waals surface area contributed by atoms with Crippen LogP contribution in [0.5, 0.6) is 5.75 Å². The van der Waals surface area contributed by atoms with Crippen molar-refractivity contribution >= 4 is 17.9 Å². The predicted octanol–water partition coefficient (Wildman–Crippen LogP) is 1.39. The summed E-state index contributed by atoms with van der Waals surface area (Å²) in [6, 6.07) is 7.64. The van der Waals surface area contributed by atoms with E-state index in [1.165, 1.54) is 6.92 Å². The molecule has 1 saturated heterocycles. The molecule has 0 aromatic heterocycles. The first kappa shape index (κ1) is 21.5. The second kappa shape index (κ2) is 10.5. The zero-order chi connectivity index (χ0) is 20.5. The van der Waals surface area contributed by atoms with Crippen molar-refractivity contribution in [3.63, 3.8) is 0 Å². The van der Waals surface area contributed by atoms with Crippen LogP contribution < -0.4 is 4.74 Å². The van der Waals surface area contributed by atoms with Crippen molar-refractivity contribution in [3.05, 3.63) is 29.8 Å². The number of nitrogens with zero attached hydrogens (tertiary/aromatic N) is 3. The van der Waals surface area contributed by atoms with Gasteiger partial charge in [-0.3, -0.25) is 9.59 Å². The van der Waals surface area contributed by atoms with Gasteiger partial charge in [-0.2, -0.15) is 0 Å². The van der Waals surface area contributed by atoms with E-state index >= 15 is 0 Å². The minimum absolute atomic E-state index is 0.0316. The number of amides is 3. The fraction of sp³-hybridized carbons (Fsp3) is 0.550. The van der Waals surface area contributed by atoms with Gasteiger partial charge in [0.1, 0.15) is 5.75 Å². The van der Waals surface area contributed by atoms with E-state index in [9.17, 15) is 14.4 Å². The lowest BCUT2D eigenvalue weighted by atomic mass is 10.1. The van der Waals surface area contributed by atoms with Gasteiger partial charge in [-0.25, -0.2) is 4.79 Å². The molecule has 154 valence electrons. The average Bonchev–Trinajstić information content (AvgIpc) is 2.71. The van der Waals surface area contributed by atoms with E-state index < -0.39 is 0 Å². The van der Waals surface area contributed by atoms with Gasteiger partial charge in [0.05, 0.1) is 20.3 Å². The summed E-state index contributed by atoms with van der Waals surface area (Å²) >= 11 is 0. The highest BCUT2D eigenvalue weighted by Crippen LogP contribution is 2.18. The maximum atomic E-state index is 12.6. The number of benzene rings is 1. The van der Waals surface area contributed by atoms with Gasteiger partial charge in [-0.05, 0) is 25.0 Å². The highest BCUT2D eigenvalue weighted by Gasteiger charge is 2.26. The Labute approximate surface area is 166 Å². The van der Waals surface area contributed by atoms with Gasteiger partial charge in [0.25, 0.3) is 0 Å². The molecule has 1 fully saturated rings. The Hall–Kier alpha value is -2.77. The second-order valence-electron chi connectivity index (χ2n) is 6.57. The molecular formula is C20H29N3O5. The molecule has 0 bridgehead atoms. The molecule has 0 radical (unpaired) electrons. The van der Waals surface area contributed by atoms with Crippen molar-refractivity contribution in [1.29, 1.82) is 0 Å². The van der Waals surface area contributed by atoms with E-state index in [0.717, 1.165) is 11.3 Å². The molecule has 2 rings (SSSR count). The van der Waals surface area contributed by atoms with Crippen LogP contribution >= 0.6 is 0 Å². The number of carbonyl (C=O) groups is 3. The number of piperazine rings is 1. The van der Waals surface area contributed by atoms with E-state index in [0.29, 0.717) is 45.8 Å². The summed E-state index contributed by atoms with van der Waals surface area (Å²) in [5.41, 5.74) is 0.992. The van der Waals surface area contributed by atoms with Crippen molar-refractivity contribution in [3.8, 4) is 5.75 Å². The van der Waals surface area contributed by atoms with E-state index in [1.807, 2.05) is 24.3 Å². The lowest BCUT2D eigenvalue weighted by molar-refractivity contribution is -0.140. The molecule has 0 N–H and O–H groups in total. The quantitative estimate of drug-likeness (QED) is 0.702. The van der Waals surface area contributed by atoms with Crippen LogP contribution in [0.15, 0.2) is 24.3 Å². The minimum Gasteiger partial charge on any atom is -0.496 e. The van der Waals surface area contributed by atoms with Gasteiger partial charge < -0.3 is 24.2 Å². The fourth-order valence-electron chi connectivity index (χ4n) is 3.13. The van der Waals surface area contributed by atoms with Crippen LogP contribution in [-0.2, 0) is 20.7 Å². The lowest BCUT2D eigenvalue weighted by Gasteiger charge is -2.35. The molecule has 0 atom stereocenters. The Balaban J connectivity index is 1.87. The molecule has 8 nitrogen and oxygen atoms in total. The first-order valence-electron chi connectivity index (χ1n) is 9.53. The van der Waals surface area contributed by atoms with Crippen LogP contribution in [-0.4, -0.2) is 85.6 Å². The second-order valence-corrected chi connectivity index (χ2v) is 6.57. The summed E-state index contributed by atoms with van der Waals surface area (Å²) in [4.78, 5) is 41.2. The van der Waals surface area contributed by atoms with Crippen LogP contribution in [0.1, 0.15) is 19.4 Å².